The lowest BCUT2D eigenvalue weighted by Crippen LogP contribution is -2.40. The molecule has 3 N–H and O–H groups in total. The quantitative estimate of drug-likeness (QED) is 0.307. The van der Waals surface area contributed by atoms with Crippen LogP contribution in [0.15, 0.2) is 5.16 Å². The van der Waals surface area contributed by atoms with E-state index in [1.54, 1.807) is 11.9 Å². The Morgan fingerprint density at radius 3 is 2.88 bits per heavy atom. The van der Waals surface area contributed by atoms with Gasteiger partial charge in [-0.25, -0.2) is 0 Å². The highest BCUT2D eigenvalue weighted by atomic mass is 16.5. The van der Waals surface area contributed by atoms with E-state index in [-0.39, 0.29) is 23.8 Å². The van der Waals surface area contributed by atoms with Crippen molar-refractivity contribution in [3.63, 3.8) is 0 Å². The van der Waals surface area contributed by atoms with E-state index < -0.39 is 0 Å². The van der Waals surface area contributed by atoms with Crippen LogP contribution in [0.1, 0.15) is 19.8 Å². The van der Waals surface area contributed by atoms with Gasteiger partial charge in [0, 0.05) is 26.6 Å². The number of nitrogens with zero attached hydrogens (tertiary/aromatic N) is 2. The summed E-state index contributed by atoms with van der Waals surface area (Å²) in [7, 11) is 1.70. The van der Waals surface area contributed by atoms with Gasteiger partial charge in [0.05, 0.1) is 0 Å². The molecule has 6 heteroatoms. The van der Waals surface area contributed by atoms with Crippen molar-refractivity contribution in [1.82, 2.24) is 4.90 Å². The summed E-state index contributed by atoms with van der Waals surface area (Å²) >= 11 is 0. The summed E-state index contributed by atoms with van der Waals surface area (Å²) in [4.78, 5) is 13.5. The number of amidine groups is 1. The molecular formula is C10H19N3O3. The van der Waals surface area contributed by atoms with E-state index in [2.05, 4.69) is 5.16 Å². The molecule has 1 rings (SSSR count). The lowest BCUT2D eigenvalue weighted by molar-refractivity contribution is -0.140. The number of amides is 1. The van der Waals surface area contributed by atoms with Gasteiger partial charge in [-0.3, -0.25) is 4.79 Å². The fraction of sp³-hybridized carbons (Fsp3) is 0.800. The van der Waals surface area contributed by atoms with Crippen LogP contribution in [0.4, 0.5) is 0 Å². The molecule has 0 radical (unpaired) electrons. The summed E-state index contributed by atoms with van der Waals surface area (Å²) in [6, 6.07) is 0. The zero-order valence-corrected chi connectivity index (χ0v) is 9.72. The van der Waals surface area contributed by atoms with Crippen LogP contribution >= 0.6 is 0 Å². The third-order valence-electron chi connectivity index (χ3n) is 2.84. The number of carbonyl (C=O) groups is 1. The number of carbonyl (C=O) groups excluding carboxylic acids is 1. The zero-order valence-electron chi connectivity index (χ0n) is 9.72. The minimum atomic E-state index is -0.336. The molecule has 92 valence electrons. The Labute approximate surface area is 95.0 Å². The van der Waals surface area contributed by atoms with Crippen molar-refractivity contribution in [2.24, 2.45) is 16.8 Å². The summed E-state index contributed by atoms with van der Waals surface area (Å²) < 4.78 is 5.38. The SMILES string of the molecule is CC1CCOC1C(=O)N(C)CCC(N)=NO. The second-order valence-electron chi connectivity index (χ2n) is 4.16. The number of ether oxygens (including phenoxy) is 1. The second kappa shape index (κ2) is 5.69. The summed E-state index contributed by atoms with van der Waals surface area (Å²) in [5, 5.41) is 11.2. The maximum atomic E-state index is 11.9. The maximum absolute atomic E-state index is 11.9. The van der Waals surface area contributed by atoms with Gasteiger partial charge in [-0.15, -0.1) is 0 Å². The van der Waals surface area contributed by atoms with E-state index in [1.165, 1.54) is 0 Å². The lowest BCUT2D eigenvalue weighted by Gasteiger charge is -2.22. The van der Waals surface area contributed by atoms with Gasteiger partial charge in [0.1, 0.15) is 11.9 Å². The Hall–Kier alpha value is -1.30. The van der Waals surface area contributed by atoms with E-state index in [0.29, 0.717) is 19.6 Å². The first-order chi connectivity index (χ1) is 7.56. The van der Waals surface area contributed by atoms with Gasteiger partial charge in [0.2, 0.25) is 0 Å². The highest BCUT2D eigenvalue weighted by molar-refractivity contribution is 5.83. The molecule has 1 aliphatic heterocycles. The molecule has 0 aromatic carbocycles. The normalized spacial score (nSPS) is 25.8. The largest absolute Gasteiger partial charge is 0.409 e. The van der Waals surface area contributed by atoms with Crippen LogP contribution in [0.5, 0.6) is 0 Å². The average molecular weight is 229 g/mol. The minimum absolute atomic E-state index is 0.0317. The predicted octanol–water partition coefficient (Wildman–Crippen LogP) is 0.00630. The number of hydrogen-bond acceptors (Lipinski definition) is 4. The number of hydrogen-bond donors (Lipinski definition) is 2. The Kier molecular flexibility index (Phi) is 4.54. The molecule has 1 saturated heterocycles. The number of oxime groups is 1. The fourth-order valence-electron chi connectivity index (χ4n) is 1.67. The summed E-state index contributed by atoms with van der Waals surface area (Å²) in [5.74, 6) is 0.356. The van der Waals surface area contributed by atoms with E-state index in [9.17, 15) is 4.79 Å². The van der Waals surface area contributed by atoms with Crippen LogP contribution in [0.3, 0.4) is 0 Å². The van der Waals surface area contributed by atoms with Crippen molar-refractivity contribution in [2.45, 2.75) is 25.9 Å². The van der Waals surface area contributed by atoms with Crippen LogP contribution in [-0.4, -0.2) is 48.2 Å². The monoisotopic (exact) mass is 229 g/mol. The molecule has 2 atom stereocenters. The second-order valence-corrected chi connectivity index (χ2v) is 4.16. The molecule has 16 heavy (non-hydrogen) atoms. The minimum Gasteiger partial charge on any atom is -0.409 e. The first kappa shape index (κ1) is 12.8. The fourth-order valence-corrected chi connectivity index (χ4v) is 1.67. The van der Waals surface area contributed by atoms with Gasteiger partial charge in [-0.05, 0) is 12.3 Å². The third kappa shape index (κ3) is 3.10. The van der Waals surface area contributed by atoms with Crippen molar-refractivity contribution < 1.29 is 14.7 Å². The van der Waals surface area contributed by atoms with E-state index >= 15 is 0 Å². The highest BCUT2D eigenvalue weighted by Gasteiger charge is 2.32. The summed E-state index contributed by atoms with van der Waals surface area (Å²) in [5.41, 5.74) is 5.33. The first-order valence-electron chi connectivity index (χ1n) is 5.39. The van der Waals surface area contributed by atoms with Gasteiger partial charge in [-0.1, -0.05) is 12.1 Å². The van der Waals surface area contributed by atoms with Crippen LogP contribution in [-0.2, 0) is 9.53 Å². The topological polar surface area (TPSA) is 88.2 Å². The molecule has 0 bridgehead atoms. The number of nitrogens with two attached hydrogens (primary N) is 1. The maximum Gasteiger partial charge on any atom is 0.251 e. The zero-order chi connectivity index (χ0) is 12.1. The molecule has 1 aliphatic rings. The van der Waals surface area contributed by atoms with Gasteiger partial charge in [0.15, 0.2) is 0 Å². The molecule has 1 amide bonds. The molecule has 0 aromatic rings. The van der Waals surface area contributed by atoms with Crippen LogP contribution in [0.2, 0.25) is 0 Å². The summed E-state index contributed by atoms with van der Waals surface area (Å²) in [6.07, 6.45) is 0.946. The Morgan fingerprint density at radius 2 is 2.38 bits per heavy atom. The Morgan fingerprint density at radius 1 is 1.69 bits per heavy atom. The molecule has 0 spiro atoms. The van der Waals surface area contributed by atoms with Crippen molar-refractivity contribution in [1.29, 1.82) is 0 Å². The van der Waals surface area contributed by atoms with E-state index in [1.807, 2.05) is 6.92 Å². The van der Waals surface area contributed by atoms with Gasteiger partial charge < -0.3 is 20.6 Å². The molecule has 6 nitrogen and oxygen atoms in total. The smallest absolute Gasteiger partial charge is 0.251 e. The standard InChI is InChI=1S/C10H19N3O3/c1-7-4-6-16-9(7)10(14)13(2)5-3-8(11)12-15/h7,9,15H,3-6H2,1-2H3,(H2,11,12). The Bertz CT molecular complexity index is 280. The van der Waals surface area contributed by atoms with Gasteiger partial charge in [0.25, 0.3) is 5.91 Å². The molecule has 2 unspecified atom stereocenters. The van der Waals surface area contributed by atoms with Crippen LogP contribution < -0.4 is 5.73 Å². The van der Waals surface area contributed by atoms with Gasteiger partial charge >= 0.3 is 0 Å². The molecule has 0 saturated carbocycles. The van der Waals surface area contributed by atoms with E-state index in [4.69, 9.17) is 15.7 Å². The number of likely N-dealkylation sites (N-methyl/N-ethyl adjacent to an activating group) is 1. The first-order valence-corrected chi connectivity index (χ1v) is 5.39. The van der Waals surface area contributed by atoms with Crippen LogP contribution in [0.25, 0.3) is 0 Å². The van der Waals surface area contributed by atoms with Crippen LogP contribution in [0, 0.1) is 5.92 Å². The molecule has 0 aliphatic carbocycles. The molecule has 1 fully saturated rings. The van der Waals surface area contributed by atoms with Crippen molar-refractivity contribution >= 4 is 11.7 Å². The summed E-state index contributed by atoms with van der Waals surface area (Å²) in [6.45, 7) is 3.08. The highest BCUT2D eigenvalue weighted by Crippen LogP contribution is 2.21. The van der Waals surface area contributed by atoms with Crippen molar-refractivity contribution in [3.8, 4) is 0 Å². The van der Waals surface area contributed by atoms with E-state index in [0.717, 1.165) is 6.42 Å². The molecular weight excluding hydrogens is 210 g/mol. The lowest BCUT2D eigenvalue weighted by atomic mass is 10.0. The predicted molar refractivity (Wildman–Crippen MR) is 59.2 cm³/mol. The van der Waals surface area contributed by atoms with Crippen molar-refractivity contribution in [3.05, 3.63) is 0 Å². The third-order valence-corrected chi connectivity index (χ3v) is 2.84. The number of rotatable bonds is 4. The van der Waals surface area contributed by atoms with Crippen molar-refractivity contribution in [2.75, 3.05) is 20.2 Å². The van der Waals surface area contributed by atoms with Gasteiger partial charge in [-0.2, -0.15) is 0 Å². The molecule has 1 heterocycles. The molecule has 0 aromatic heterocycles. The Balaban J connectivity index is 2.41. The average Bonchev–Trinajstić information content (AvgIpc) is 2.70.